The highest BCUT2D eigenvalue weighted by atomic mass is 19.4. The van der Waals surface area contributed by atoms with E-state index >= 15 is 0 Å². The minimum Gasteiger partial charge on any atom is -0.496 e. The molecule has 1 amide bonds. The number of hydrogen-bond acceptors (Lipinski definition) is 3. The summed E-state index contributed by atoms with van der Waals surface area (Å²) in [5.74, 6) is -0.125. The number of amides is 1. The minimum atomic E-state index is -4.46. The zero-order chi connectivity index (χ0) is 15.5. The summed E-state index contributed by atoms with van der Waals surface area (Å²) in [4.78, 5) is 15.6. The van der Waals surface area contributed by atoms with Crippen LogP contribution in [0.4, 0.5) is 19.0 Å². The van der Waals surface area contributed by atoms with Crippen LogP contribution in [0.15, 0.2) is 42.6 Å². The van der Waals surface area contributed by atoms with Gasteiger partial charge in [0, 0.05) is 6.20 Å². The molecule has 110 valence electrons. The zero-order valence-corrected chi connectivity index (χ0v) is 10.9. The van der Waals surface area contributed by atoms with E-state index in [2.05, 4.69) is 10.3 Å². The fourth-order valence-corrected chi connectivity index (χ4v) is 1.65. The van der Waals surface area contributed by atoms with Crippen molar-refractivity contribution < 1.29 is 22.7 Å². The summed E-state index contributed by atoms with van der Waals surface area (Å²) in [6, 6.07) is 8.44. The number of benzene rings is 1. The van der Waals surface area contributed by atoms with Crippen molar-refractivity contribution in [3.05, 3.63) is 53.7 Å². The Morgan fingerprint density at radius 3 is 2.48 bits per heavy atom. The molecule has 1 N–H and O–H groups in total. The molecule has 2 aromatic rings. The average molecular weight is 296 g/mol. The molecular weight excluding hydrogens is 285 g/mol. The lowest BCUT2D eigenvalue weighted by Gasteiger charge is -2.09. The molecule has 0 fully saturated rings. The van der Waals surface area contributed by atoms with Crippen LogP contribution < -0.4 is 10.1 Å². The van der Waals surface area contributed by atoms with Gasteiger partial charge in [0.05, 0.1) is 18.2 Å². The summed E-state index contributed by atoms with van der Waals surface area (Å²) in [6.07, 6.45) is -3.80. The van der Waals surface area contributed by atoms with Crippen LogP contribution in [-0.2, 0) is 6.18 Å². The van der Waals surface area contributed by atoms with E-state index < -0.39 is 17.6 Å². The van der Waals surface area contributed by atoms with Crippen molar-refractivity contribution >= 4 is 11.7 Å². The van der Waals surface area contributed by atoms with Gasteiger partial charge in [0.15, 0.2) is 0 Å². The van der Waals surface area contributed by atoms with Gasteiger partial charge in [0.1, 0.15) is 11.6 Å². The van der Waals surface area contributed by atoms with Gasteiger partial charge in [-0.05, 0) is 24.3 Å². The van der Waals surface area contributed by atoms with E-state index in [0.29, 0.717) is 11.9 Å². The highest BCUT2D eigenvalue weighted by Crippen LogP contribution is 2.29. The van der Waals surface area contributed by atoms with Crippen molar-refractivity contribution in [1.82, 2.24) is 4.98 Å². The third-order valence-electron chi connectivity index (χ3n) is 2.68. The molecule has 0 atom stereocenters. The van der Waals surface area contributed by atoms with E-state index in [-0.39, 0.29) is 11.4 Å². The van der Waals surface area contributed by atoms with E-state index in [9.17, 15) is 18.0 Å². The maximum atomic E-state index is 12.4. The minimum absolute atomic E-state index is 0.0268. The zero-order valence-electron chi connectivity index (χ0n) is 10.9. The van der Waals surface area contributed by atoms with Crippen LogP contribution in [0.1, 0.15) is 15.9 Å². The molecule has 0 aliphatic heterocycles. The molecule has 0 bridgehead atoms. The second-order valence-corrected chi connectivity index (χ2v) is 4.08. The van der Waals surface area contributed by atoms with Gasteiger partial charge < -0.3 is 10.1 Å². The van der Waals surface area contributed by atoms with E-state index in [1.165, 1.54) is 13.2 Å². The molecule has 1 heterocycles. The fraction of sp³-hybridized carbons (Fsp3) is 0.143. The van der Waals surface area contributed by atoms with Crippen LogP contribution in [-0.4, -0.2) is 18.0 Å². The maximum absolute atomic E-state index is 12.4. The Kier molecular flexibility index (Phi) is 4.11. The van der Waals surface area contributed by atoms with E-state index in [0.717, 1.165) is 12.1 Å². The van der Waals surface area contributed by atoms with Gasteiger partial charge in [0.25, 0.3) is 5.91 Å². The molecule has 0 unspecified atom stereocenters. The number of pyridine rings is 1. The van der Waals surface area contributed by atoms with Gasteiger partial charge in [-0.3, -0.25) is 4.79 Å². The lowest BCUT2D eigenvalue weighted by molar-refractivity contribution is -0.137. The first-order chi connectivity index (χ1) is 9.91. The molecule has 1 aromatic carbocycles. The Bertz CT molecular complexity index is 639. The molecule has 0 aliphatic rings. The topological polar surface area (TPSA) is 51.2 Å². The number of rotatable bonds is 3. The molecule has 0 saturated heterocycles. The van der Waals surface area contributed by atoms with E-state index in [1.54, 1.807) is 18.2 Å². The Hall–Kier alpha value is -2.57. The smallest absolute Gasteiger partial charge is 0.417 e. The Labute approximate surface area is 118 Å². The third-order valence-corrected chi connectivity index (χ3v) is 2.68. The lowest BCUT2D eigenvalue weighted by atomic mass is 10.2. The van der Waals surface area contributed by atoms with E-state index in [4.69, 9.17) is 4.74 Å². The Morgan fingerprint density at radius 2 is 1.90 bits per heavy atom. The van der Waals surface area contributed by atoms with Crippen LogP contribution in [0.3, 0.4) is 0 Å². The number of hydrogen-bond donors (Lipinski definition) is 1. The molecule has 0 spiro atoms. The molecule has 0 radical (unpaired) electrons. The number of carbonyl (C=O) groups is 1. The lowest BCUT2D eigenvalue weighted by Crippen LogP contribution is -2.14. The van der Waals surface area contributed by atoms with Gasteiger partial charge >= 0.3 is 6.18 Å². The highest BCUT2D eigenvalue weighted by molar-refractivity contribution is 6.05. The monoisotopic (exact) mass is 296 g/mol. The van der Waals surface area contributed by atoms with Crippen molar-refractivity contribution in [1.29, 1.82) is 0 Å². The number of ether oxygens (including phenoxy) is 1. The van der Waals surface area contributed by atoms with Crippen molar-refractivity contribution in [3.8, 4) is 5.75 Å². The SMILES string of the molecule is COc1ccccc1C(=O)Nc1ccc(C(F)(F)F)cn1. The number of halogens is 3. The number of nitrogens with zero attached hydrogens (tertiary/aromatic N) is 1. The summed E-state index contributed by atoms with van der Waals surface area (Å²) in [5, 5.41) is 2.41. The van der Waals surface area contributed by atoms with Crippen molar-refractivity contribution in [3.63, 3.8) is 0 Å². The third kappa shape index (κ3) is 3.50. The molecule has 7 heteroatoms. The van der Waals surface area contributed by atoms with Crippen LogP contribution >= 0.6 is 0 Å². The fourth-order valence-electron chi connectivity index (χ4n) is 1.65. The number of para-hydroxylation sites is 1. The Morgan fingerprint density at radius 1 is 1.19 bits per heavy atom. The first kappa shape index (κ1) is 14.8. The van der Waals surface area contributed by atoms with Gasteiger partial charge in [-0.1, -0.05) is 12.1 Å². The number of carbonyl (C=O) groups excluding carboxylic acids is 1. The van der Waals surface area contributed by atoms with Crippen LogP contribution in [0.2, 0.25) is 0 Å². The van der Waals surface area contributed by atoms with E-state index in [1.807, 2.05) is 0 Å². The van der Waals surface area contributed by atoms with Gasteiger partial charge in [0.2, 0.25) is 0 Å². The van der Waals surface area contributed by atoms with Crippen LogP contribution in [0, 0.1) is 0 Å². The predicted molar refractivity (Wildman–Crippen MR) is 70.2 cm³/mol. The highest BCUT2D eigenvalue weighted by Gasteiger charge is 2.30. The van der Waals surface area contributed by atoms with Crippen LogP contribution in [0.5, 0.6) is 5.75 Å². The van der Waals surface area contributed by atoms with Crippen molar-refractivity contribution in [2.75, 3.05) is 12.4 Å². The van der Waals surface area contributed by atoms with Gasteiger partial charge in [-0.15, -0.1) is 0 Å². The molecular formula is C14H11F3N2O2. The first-order valence-corrected chi connectivity index (χ1v) is 5.89. The predicted octanol–water partition coefficient (Wildman–Crippen LogP) is 3.36. The maximum Gasteiger partial charge on any atom is 0.417 e. The van der Waals surface area contributed by atoms with Gasteiger partial charge in [-0.2, -0.15) is 13.2 Å². The van der Waals surface area contributed by atoms with Gasteiger partial charge in [-0.25, -0.2) is 4.98 Å². The second-order valence-electron chi connectivity index (χ2n) is 4.08. The molecule has 4 nitrogen and oxygen atoms in total. The van der Waals surface area contributed by atoms with Crippen molar-refractivity contribution in [2.45, 2.75) is 6.18 Å². The quantitative estimate of drug-likeness (QED) is 0.945. The number of methoxy groups -OCH3 is 1. The molecule has 0 saturated carbocycles. The van der Waals surface area contributed by atoms with Crippen molar-refractivity contribution in [2.24, 2.45) is 0 Å². The number of anilines is 1. The number of nitrogens with one attached hydrogen (secondary N) is 1. The standard InChI is InChI=1S/C14H11F3N2O2/c1-21-11-5-3-2-4-10(11)13(20)19-12-7-6-9(8-18-12)14(15,16)17/h2-8H,1H3,(H,18,19,20). The summed E-state index contributed by atoms with van der Waals surface area (Å²) < 4.78 is 42.2. The number of aromatic nitrogens is 1. The summed E-state index contributed by atoms with van der Waals surface area (Å²) in [6.45, 7) is 0. The second kappa shape index (κ2) is 5.82. The summed E-state index contributed by atoms with van der Waals surface area (Å²) >= 11 is 0. The first-order valence-electron chi connectivity index (χ1n) is 5.89. The molecule has 0 aliphatic carbocycles. The van der Waals surface area contributed by atoms with Crippen LogP contribution in [0.25, 0.3) is 0 Å². The average Bonchev–Trinajstić information content (AvgIpc) is 2.46. The summed E-state index contributed by atoms with van der Waals surface area (Å²) in [7, 11) is 1.42. The molecule has 21 heavy (non-hydrogen) atoms. The normalized spacial score (nSPS) is 11.0. The largest absolute Gasteiger partial charge is 0.496 e. The number of alkyl halides is 3. The summed E-state index contributed by atoms with van der Waals surface area (Å²) in [5.41, 5.74) is -0.612. The Balaban J connectivity index is 2.16. The molecule has 1 aromatic heterocycles. The molecule has 2 rings (SSSR count).